The first-order valence-electron chi connectivity index (χ1n) is 12.7. The van der Waals surface area contributed by atoms with Gasteiger partial charge in [-0.25, -0.2) is 27.0 Å². The Morgan fingerprint density at radius 3 is 2.00 bits per heavy atom. The molecule has 1 aromatic heterocycles. The molecule has 2 heterocycles. The van der Waals surface area contributed by atoms with Gasteiger partial charge in [-0.1, -0.05) is 18.2 Å². The zero-order valence-electron chi connectivity index (χ0n) is 23.0. The normalized spacial score (nSPS) is 14.9. The Morgan fingerprint density at radius 1 is 0.821 bits per heavy atom. The molecule has 9 nitrogen and oxygen atoms in total. The number of halogens is 1. The van der Waals surface area contributed by atoms with Crippen LogP contribution < -0.4 is 4.90 Å². The van der Waals surface area contributed by atoms with Gasteiger partial charge >= 0.3 is 12.2 Å². The summed E-state index contributed by atoms with van der Waals surface area (Å²) >= 11 is 0. The Balaban J connectivity index is 1.78. The maximum Gasteiger partial charge on any atom is 0.420 e. The second-order valence-corrected chi connectivity index (χ2v) is 13.3. The molecule has 1 aliphatic heterocycles. The highest BCUT2D eigenvalue weighted by atomic mass is 32.2. The van der Waals surface area contributed by atoms with Gasteiger partial charge in [0.2, 0.25) is 9.84 Å². The first-order valence-corrected chi connectivity index (χ1v) is 14.2. The summed E-state index contributed by atoms with van der Waals surface area (Å²) in [5.74, 6) is -0.919. The fourth-order valence-corrected chi connectivity index (χ4v) is 5.89. The topological polar surface area (TPSA) is 98.1 Å². The zero-order chi connectivity index (χ0) is 28.8. The van der Waals surface area contributed by atoms with Gasteiger partial charge in [0.15, 0.2) is 5.03 Å². The van der Waals surface area contributed by atoms with E-state index in [1.54, 1.807) is 37.8 Å². The maximum absolute atomic E-state index is 14.6. The molecule has 0 bridgehead atoms. The van der Waals surface area contributed by atoms with E-state index < -0.39 is 49.0 Å². The average Bonchev–Trinajstić information content (AvgIpc) is 3.23. The summed E-state index contributed by atoms with van der Waals surface area (Å²) in [6, 6.07) is 11.6. The van der Waals surface area contributed by atoms with Crippen LogP contribution in [0.5, 0.6) is 0 Å². The smallest absolute Gasteiger partial charge is 0.420 e. The third-order valence-corrected chi connectivity index (χ3v) is 7.80. The monoisotopic (exact) mass is 559 g/mol. The minimum atomic E-state index is -4.45. The van der Waals surface area contributed by atoms with E-state index in [1.807, 2.05) is 31.7 Å². The zero-order valence-corrected chi connectivity index (χ0v) is 23.8. The van der Waals surface area contributed by atoms with E-state index in [-0.39, 0.29) is 0 Å². The number of carbonyl (C=O) groups is 2. The van der Waals surface area contributed by atoms with Crippen LogP contribution in [0.4, 0.5) is 19.7 Å². The predicted molar refractivity (Wildman–Crippen MR) is 145 cm³/mol. The third-order valence-electron chi connectivity index (χ3n) is 6.04. The van der Waals surface area contributed by atoms with E-state index >= 15 is 0 Å². The van der Waals surface area contributed by atoms with E-state index in [0.717, 1.165) is 10.6 Å². The van der Waals surface area contributed by atoms with Gasteiger partial charge in [-0.15, -0.1) is 0 Å². The number of fused-ring (bicyclic) bond motifs is 1. The summed E-state index contributed by atoms with van der Waals surface area (Å²) in [6.45, 7) is 12.2. The Bertz CT molecular complexity index is 1510. The summed E-state index contributed by atoms with van der Waals surface area (Å²) in [5, 5.41) is 0.0979. The molecule has 1 aliphatic rings. The number of nitrogens with zero attached hydrogens (tertiary/aromatic N) is 3. The van der Waals surface area contributed by atoms with Crippen molar-refractivity contribution in [2.75, 3.05) is 31.1 Å². The molecule has 0 atom stereocenters. The van der Waals surface area contributed by atoms with E-state index in [9.17, 15) is 22.4 Å². The predicted octanol–water partition coefficient (Wildman–Crippen LogP) is 5.45. The van der Waals surface area contributed by atoms with Crippen LogP contribution in [0.15, 0.2) is 58.5 Å². The number of amides is 1. The molecular weight excluding hydrogens is 525 g/mol. The maximum atomic E-state index is 14.6. The van der Waals surface area contributed by atoms with Crippen molar-refractivity contribution < 1.29 is 31.9 Å². The lowest BCUT2D eigenvalue weighted by molar-refractivity contribution is 0.0240. The number of rotatable bonds is 3. The number of aromatic nitrogens is 1. The van der Waals surface area contributed by atoms with Gasteiger partial charge in [-0.3, -0.25) is 0 Å². The number of piperazine rings is 1. The van der Waals surface area contributed by atoms with Crippen molar-refractivity contribution in [2.24, 2.45) is 0 Å². The van der Waals surface area contributed by atoms with Gasteiger partial charge in [0.05, 0.1) is 5.52 Å². The van der Waals surface area contributed by atoms with Gasteiger partial charge in [0, 0.05) is 37.3 Å². The molecule has 4 rings (SSSR count). The van der Waals surface area contributed by atoms with Gasteiger partial charge in [-0.2, -0.15) is 0 Å². The second kappa shape index (κ2) is 10.2. The molecule has 1 fully saturated rings. The molecule has 0 saturated carbocycles. The van der Waals surface area contributed by atoms with E-state index in [2.05, 4.69) is 0 Å². The molecule has 210 valence electrons. The van der Waals surface area contributed by atoms with Crippen molar-refractivity contribution in [2.45, 2.75) is 62.7 Å². The summed E-state index contributed by atoms with van der Waals surface area (Å²) in [7, 11) is -4.45. The molecule has 3 aromatic rings. The standard InChI is InChI=1S/C28H34FN3O6S/c1-27(2,3)37-25(33)31-16-14-30(15-17-31)21-11-9-12-22-19(21)18-24(32(22)26(34)38-28(4,5)6)39(35,36)23-13-8-7-10-20(23)29/h7-13,18H,14-17H2,1-6H3. The largest absolute Gasteiger partial charge is 0.444 e. The van der Waals surface area contributed by atoms with Crippen molar-refractivity contribution >= 4 is 38.6 Å². The highest BCUT2D eigenvalue weighted by molar-refractivity contribution is 7.91. The van der Waals surface area contributed by atoms with Crippen LogP contribution in [-0.4, -0.2) is 67.5 Å². The van der Waals surface area contributed by atoms with Crippen molar-refractivity contribution in [3.63, 3.8) is 0 Å². The summed E-state index contributed by atoms with van der Waals surface area (Å²) in [4.78, 5) is 29.0. The number of ether oxygens (including phenoxy) is 2. The van der Waals surface area contributed by atoms with Crippen molar-refractivity contribution in [1.29, 1.82) is 0 Å². The fourth-order valence-electron chi connectivity index (χ4n) is 4.39. The molecule has 0 N–H and O–H groups in total. The van der Waals surface area contributed by atoms with Crippen LogP contribution >= 0.6 is 0 Å². The van der Waals surface area contributed by atoms with Crippen LogP contribution in [0.25, 0.3) is 10.9 Å². The van der Waals surface area contributed by atoms with E-state index in [1.165, 1.54) is 24.3 Å². The van der Waals surface area contributed by atoms with E-state index in [4.69, 9.17) is 9.47 Å². The van der Waals surface area contributed by atoms with Crippen LogP contribution in [-0.2, 0) is 19.3 Å². The van der Waals surface area contributed by atoms with Crippen molar-refractivity contribution in [1.82, 2.24) is 9.47 Å². The van der Waals surface area contributed by atoms with Gasteiger partial charge in [0.25, 0.3) is 0 Å². The first-order chi connectivity index (χ1) is 18.1. The van der Waals surface area contributed by atoms with Gasteiger partial charge in [0.1, 0.15) is 21.9 Å². The molecular formula is C28H34FN3O6S. The lowest BCUT2D eigenvalue weighted by Gasteiger charge is -2.37. The summed E-state index contributed by atoms with van der Waals surface area (Å²) in [5.41, 5.74) is -0.512. The lowest BCUT2D eigenvalue weighted by Crippen LogP contribution is -2.50. The van der Waals surface area contributed by atoms with E-state index in [0.29, 0.717) is 42.8 Å². The summed E-state index contributed by atoms with van der Waals surface area (Å²) in [6.07, 6.45) is -1.28. The number of sulfone groups is 1. The second-order valence-electron chi connectivity index (χ2n) is 11.4. The van der Waals surface area contributed by atoms with Crippen LogP contribution in [0, 0.1) is 5.82 Å². The Labute approximate surface area is 228 Å². The summed E-state index contributed by atoms with van der Waals surface area (Å²) < 4.78 is 54.1. The molecule has 1 saturated heterocycles. The Kier molecular flexibility index (Phi) is 7.41. The molecule has 0 aliphatic carbocycles. The number of hydrogen-bond acceptors (Lipinski definition) is 7. The number of anilines is 1. The molecule has 1 amide bonds. The minimum absolute atomic E-state index is 0.311. The highest BCUT2D eigenvalue weighted by Gasteiger charge is 2.33. The Morgan fingerprint density at radius 2 is 1.41 bits per heavy atom. The number of carbonyl (C=O) groups excluding carboxylic acids is 2. The van der Waals surface area contributed by atoms with Crippen LogP contribution in [0.1, 0.15) is 41.5 Å². The van der Waals surface area contributed by atoms with Gasteiger partial charge < -0.3 is 19.3 Å². The lowest BCUT2D eigenvalue weighted by atomic mass is 10.1. The first kappa shape index (κ1) is 28.4. The van der Waals surface area contributed by atoms with Gasteiger partial charge in [-0.05, 0) is 71.9 Å². The van der Waals surface area contributed by atoms with Crippen molar-refractivity contribution in [3.8, 4) is 0 Å². The molecule has 0 radical (unpaired) electrons. The van der Waals surface area contributed by atoms with Crippen LogP contribution in [0.3, 0.4) is 0 Å². The van der Waals surface area contributed by atoms with Crippen molar-refractivity contribution in [3.05, 3.63) is 54.3 Å². The molecule has 0 spiro atoms. The number of hydrogen-bond donors (Lipinski definition) is 0. The molecule has 11 heteroatoms. The molecule has 2 aromatic carbocycles. The SMILES string of the molecule is CC(C)(C)OC(=O)N1CCN(c2cccc3c2cc(S(=O)(=O)c2ccccc2F)n3C(=O)OC(C)(C)C)CC1. The fraction of sp³-hybridized carbons (Fsp3) is 0.429. The minimum Gasteiger partial charge on any atom is -0.444 e. The molecule has 39 heavy (non-hydrogen) atoms. The highest BCUT2D eigenvalue weighted by Crippen LogP contribution is 2.35. The van der Waals surface area contributed by atoms with Crippen LogP contribution in [0.2, 0.25) is 0 Å². The molecule has 0 unspecified atom stereocenters. The Hall–Kier alpha value is -3.60. The quantitative estimate of drug-likeness (QED) is 0.421. The third kappa shape index (κ3) is 6.03. The average molecular weight is 560 g/mol. The number of benzene rings is 2.